The molecule has 4 unspecified atom stereocenters. The lowest BCUT2D eigenvalue weighted by Crippen LogP contribution is -2.61. The highest BCUT2D eigenvalue weighted by molar-refractivity contribution is 5.70. The molecule has 0 aliphatic carbocycles. The molecule has 2 fully saturated rings. The lowest BCUT2D eigenvalue weighted by molar-refractivity contribution is -0.332. The fourth-order valence-corrected chi connectivity index (χ4v) is 8.03. The maximum atomic E-state index is 13.0. The summed E-state index contributed by atoms with van der Waals surface area (Å²) in [5.41, 5.74) is 0. The first-order valence-corrected chi connectivity index (χ1v) is 26.9. The Balaban J connectivity index is 1.82. The predicted molar refractivity (Wildman–Crippen MR) is 270 cm³/mol. The van der Waals surface area contributed by atoms with E-state index in [1.165, 1.54) is 83.5 Å². The second kappa shape index (κ2) is 41.6. The Kier molecular flexibility index (Phi) is 37.7. The van der Waals surface area contributed by atoms with Gasteiger partial charge in [-0.3, -0.25) is 9.59 Å². The van der Waals surface area contributed by atoms with Gasteiger partial charge in [-0.2, -0.15) is 0 Å². The molecule has 0 aromatic carbocycles. The monoisotopic (exact) mass is 995 g/mol. The smallest absolute Gasteiger partial charge is 0.306 e. The summed E-state index contributed by atoms with van der Waals surface area (Å²) in [4.78, 5) is 25.7. The number of aliphatic hydroxyl groups is 7. The van der Waals surface area contributed by atoms with Gasteiger partial charge in [0.2, 0.25) is 0 Å². The second-order valence-electron chi connectivity index (χ2n) is 18.7. The van der Waals surface area contributed by atoms with Crippen molar-refractivity contribution in [2.24, 2.45) is 0 Å². The molecule has 11 atom stereocenters. The summed E-state index contributed by atoms with van der Waals surface area (Å²) >= 11 is 0. The van der Waals surface area contributed by atoms with Crippen molar-refractivity contribution in [3.05, 3.63) is 60.8 Å². The number of aliphatic hydroxyl groups excluding tert-OH is 7. The molecule has 2 heterocycles. The normalized spacial score (nSPS) is 25.8. The first kappa shape index (κ1) is 63.3. The number of hydrogen-bond donors (Lipinski definition) is 7. The number of ether oxygens (including phenoxy) is 6. The van der Waals surface area contributed by atoms with E-state index < -0.39 is 99.3 Å². The molecule has 70 heavy (non-hydrogen) atoms. The number of carbonyl (C=O) groups excluding carboxylic acids is 2. The highest BCUT2D eigenvalue weighted by Gasteiger charge is 2.47. The van der Waals surface area contributed by atoms with Crippen LogP contribution in [0.5, 0.6) is 0 Å². The van der Waals surface area contributed by atoms with Crippen LogP contribution < -0.4 is 0 Å². The van der Waals surface area contributed by atoms with Gasteiger partial charge in [0, 0.05) is 12.8 Å². The van der Waals surface area contributed by atoms with Crippen molar-refractivity contribution in [2.75, 3.05) is 26.4 Å². The summed E-state index contributed by atoms with van der Waals surface area (Å²) in [5.74, 6) is -1.01. The largest absolute Gasteiger partial charge is 0.462 e. The lowest BCUT2D eigenvalue weighted by Gasteiger charge is -2.42. The molecule has 0 aromatic heterocycles. The molecule has 0 amide bonds. The first-order chi connectivity index (χ1) is 34.0. The summed E-state index contributed by atoms with van der Waals surface area (Å²) in [6, 6.07) is 0. The van der Waals surface area contributed by atoms with E-state index in [4.69, 9.17) is 28.4 Å². The topological polar surface area (TPSA) is 231 Å². The minimum absolute atomic E-state index is 0.0845. The minimum atomic E-state index is -1.78. The Labute approximate surface area is 420 Å². The molecule has 15 heteroatoms. The van der Waals surface area contributed by atoms with Crippen molar-refractivity contribution in [3.8, 4) is 0 Å². The molecule has 2 saturated heterocycles. The van der Waals surface area contributed by atoms with Gasteiger partial charge in [0.05, 0.1) is 19.8 Å². The number of carbonyl (C=O) groups is 2. The summed E-state index contributed by atoms with van der Waals surface area (Å²) in [6.07, 6.45) is 31.2. The van der Waals surface area contributed by atoms with E-state index in [1.807, 2.05) is 12.2 Å². The Hall–Kier alpha value is -2.80. The second-order valence-corrected chi connectivity index (χ2v) is 18.7. The molecule has 15 nitrogen and oxygen atoms in total. The highest BCUT2D eigenvalue weighted by atomic mass is 16.7. The SMILES string of the molecule is CCCCCCCC/C=C/CCCCCC(=O)OC[C@H](CO[C@H]1O[C@@H](CO[C@H]2O[C@@H](CO)[C@@H](O)C(O)C2O)[C@@H](O)C(O)C1O)OC(=O)CCC/C=C/C/C=C/C/C=C/C/C=C/CCCCCCCCC. The van der Waals surface area contributed by atoms with Gasteiger partial charge in [0.25, 0.3) is 0 Å². The zero-order valence-corrected chi connectivity index (χ0v) is 42.7. The molecular weight excluding hydrogens is 901 g/mol. The standard InChI is InChI=1S/C55H94O15/c1-3-5-7-9-11-13-15-17-18-19-20-21-22-23-24-26-28-30-32-34-36-38-47(58)68-43(40-65-46(57)37-35-33-31-29-27-25-16-14-12-10-8-6-4-2)41-66-54-53(64)51(62)49(60)45(70-54)42-67-55-52(63)50(61)48(59)44(39-56)69-55/h18-19,21-22,24-27,30,32,43-45,48-56,59-64H,3-17,20,23,28-29,31,33-42H2,1-2H3/b19-18+,22-21+,26-24+,27-25+,32-30+/t43-,44+,45+,48-,49-,50?,51?,52?,53?,54+,55+/m1/s1. The Bertz CT molecular complexity index is 1450. The van der Waals surface area contributed by atoms with Crippen LogP contribution in [-0.2, 0) is 38.0 Å². The summed E-state index contributed by atoms with van der Waals surface area (Å²) in [6.45, 7) is 2.50. The Morgan fingerprint density at radius 3 is 1.40 bits per heavy atom. The average Bonchev–Trinajstić information content (AvgIpc) is 3.35. The van der Waals surface area contributed by atoms with Gasteiger partial charge in [0.1, 0.15) is 55.4 Å². The predicted octanol–water partition coefficient (Wildman–Crippen LogP) is 8.05. The van der Waals surface area contributed by atoms with Crippen LogP contribution in [0.4, 0.5) is 0 Å². The fourth-order valence-electron chi connectivity index (χ4n) is 8.03. The third-order valence-corrected chi connectivity index (χ3v) is 12.5. The van der Waals surface area contributed by atoms with Crippen molar-refractivity contribution in [2.45, 2.75) is 248 Å². The number of unbranched alkanes of at least 4 members (excludes halogenated alkanes) is 17. The van der Waals surface area contributed by atoms with Gasteiger partial charge in [-0.05, 0) is 77.0 Å². The molecule has 0 spiro atoms. The van der Waals surface area contributed by atoms with Gasteiger partial charge >= 0.3 is 11.9 Å². The Morgan fingerprint density at radius 2 is 0.871 bits per heavy atom. The molecule has 7 N–H and O–H groups in total. The van der Waals surface area contributed by atoms with Crippen LogP contribution in [0.1, 0.15) is 181 Å². The molecule has 2 rings (SSSR count). The van der Waals surface area contributed by atoms with E-state index in [0.29, 0.717) is 19.3 Å². The van der Waals surface area contributed by atoms with Crippen LogP contribution in [0.25, 0.3) is 0 Å². The van der Waals surface area contributed by atoms with Crippen LogP contribution in [0.2, 0.25) is 0 Å². The van der Waals surface area contributed by atoms with E-state index >= 15 is 0 Å². The number of hydrogen-bond acceptors (Lipinski definition) is 15. The van der Waals surface area contributed by atoms with E-state index in [1.54, 1.807) is 0 Å². The lowest BCUT2D eigenvalue weighted by atomic mass is 9.98. The summed E-state index contributed by atoms with van der Waals surface area (Å²) < 4.78 is 33.5. The highest BCUT2D eigenvalue weighted by Crippen LogP contribution is 2.26. The average molecular weight is 995 g/mol. The number of esters is 2. The summed E-state index contributed by atoms with van der Waals surface area (Å²) in [5, 5.41) is 72.1. The van der Waals surface area contributed by atoms with Crippen LogP contribution in [-0.4, -0.2) is 142 Å². The summed E-state index contributed by atoms with van der Waals surface area (Å²) in [7, 11) is 0. The molecule has 2 aliphatic heterocycles. The first-order valence-electron chi connectivity index (χ1n) is 26.9. The van der Waals surface area contributed by atoms with E-state index in [2.05, 4.69) is 62.5 Å². The van der Waals surface area contributed by atoms with Crippen molar-refractivity contribution < 1.29 is 73.8 Å². The van der Waals surface area contributed by atoms with Crippen molar-refractivity contribution in [1.29, 1.82) is 0 Å². The zero-order chi connectivity index (χ0) is 51.0. The molecule has 0 saturated carbocycles. The van der Waals surface area contributed by atoms with Crippen LogP contribution >= 0.6 is 0 Å². The molecular formula is C55H94O15. The van der Waals surface area contributed by atoms with Gasteiger partial charge < -0.3 is 64.2 Å². The molecule has 0 aromatic rings. The maximum Gasteiger partial charge on any atom is 0.306 e. The minimum Gasteiger partial charge on any atom is -0.462 e. The van der Waals surface area contributed by atoms with Gasteiger partial charge in [-0.15, -0.1) is 0 Å². The van der Waals surface area contributed by atoms with E-state index in [9.17, 15) is 45.3 Å². The van der Waals surface area contributed by atoms with Crippen molar-refractivity contribution in [1.82, 2.24) is 0 Å². The van der Waals surface area contributed by atoms with Crippen molar-refractivity contribution in [3.63, 3.8) is 0 Å². The zero-order valence-electron chi connectivity index (χ0n) is 42.7. The van der Waals surface area contributed by atoms with Crippen molar-refractivity contribution >= 4 is 11.9 Å². The van der Waals surface area contributed by atoms with Crippen LogP contribution in [0.3, 0.4) is 0 Å². The molecule has 0 radical (unpaired) electrons. The van der Waals surface area contributed by atoms with Crippen LogP contribution in [0.15, 0.2) is 60.8 Å². The number of rotatable bonds is 41. The Morgan fingerprint density at radius 1 is 0.457 bits per heavy atom. The van der Waals surface area contributed by atoms with Gasteiger partial charge in [0.15, 0.2) is 18.7 Å². The van der Waals surface area contributed by atoms with Gasteiger partial charge in [-0.1, -0.05) is 152 Å². The maximum absolute atomic E-state index is 13.0. The molecule has 2 aliphatic rings. The van der Waals surface area contributed by atoms with E-state index in [0.717, 1.165) is 51.4 Å². The fraction of sp³-hybridized carbons (Fsp3) is 0.782. The van der Waals surface area contributed by atoms with Gasteiger partial charge in [-0.25, -0.2) is 0 Å². The molecule has 0 bridgehead atoms. The molecule has 404 valence electrons. The number of allylic oxidation sites excluding steroid dienone is 10. The third kappa shape index (κ3) is 29.0. The van der Waals surface area contributed by atoms with Crippen LogP contribution in [0, 0.1) is 0 Å². The van der Waals surface area contributed by atoms with E-state index in [-0.39, 0.29) is 19.4 Å². The third-order valence-electron chi connectivity index (χ3n) is 12.5. The quantitative estimate of drug-likeness (QED) is 0.0175.